The second-order valence-electron chi connectivity index (χ2n) is 4.88. The van der Waals surface area contributed by atoms with Crippen molar-refractivity contribution in [1.29, 1.82) is 0 Å². The molecule has 0 amide bonds. The Labute approximate surface area is 133 Å². The fraction of sp³-hybridized carbons (Fsp3) is 0.692. The van der Waals surface area contributed by atoms with Crippen LogP contribution in [0.25, 0.3) is 0 Å². The highest BCUT2D eigenvalue weighted by atomic mass is 79.9. The number of aliphatic hydroxyl groups is 1. The van der Waals surface area contributed by atoms with Gasteiger partial charge >= 0.3 is 0 Å². The number of halogens is 1. The van der Waals surface area contributed by atoms with Crippen LogP contribution in [-0.4, -0.2) is 19.6 Å². The summed E-state index contributed by atoms with van der Waals surface area (Å²) in [4.78, 5) is 0.847. The average Bonchev–Trinajstić information content (AvgIpc) is 2.76. The molecule has 1 heterocycles. The lowest BCUT2D eigenvalue weighted by Gasteiger charge is -2.13. The number of rotatable bonds is 9. The van der Waals surface area contributed by atoms with Gasteiger partial charge in [0, 0.05) is 10.9 Å². The number of unbranched alkanes of at least 4 members (excludes halogenated alkanes) is 3. The van der Waals surface area contributed by atoms with Gasteiger partial charge in [0.1, 0.15) is 4.90 Å². The van der Waals surface area contributed by atoms with Gasteiger partial charge in [-0.2, -0.15) is 0 Å². The van der Waals surface area contributed by atoms with Crippen molar-refractivity contribution in [2.75, 3.05) is 0 Å². The molecule has 0 saturated heterocycles. The predicted molar refractivity (Wildman–Crippen MR) is 86.5 cm³/mol. The van der Waals surface area contributed by atoms with Crippen molar-refractivity contribution in [1.82, 2.24) is 4.72 Å². The number of hydrogen-bond acceptors (Lipinski definition) is 4. The molecule has 4 nitrogen and oxygen atoms in total. The Balaban J connectivity index is 2.62. The smallest absolute Gasteiger partial charge is 0.242 e. The number of hydrogen-bond donors (Lipinski definition) is 2. The minimum absolute atomic E-state index is 0.0822. The lowest BCUT2D eigenvalue weighted by Crippen LogP contribution is -2.32. The summed E-state index contributed by atoms with van der Waals surface area (Å²) in [7, 11) is -3.52. The number of sulfonamides is 1. The van der Waals surface area contributed by atoms with Gasteiger partial charge in [0.2, 0.25) is 10.0 Å². The van der Waals surface area contributed by atoms with Gasteiger partial charge in [-0.05, 0) is 35.3 Å². The van der Waals surface area contributed by atoms with E-state index in [4.69, 9.17) is 5.11 Å². The second kappa shape index (κ2) is 8.48. The van der Waals surface area contributed by atoms with E-state index in [1.165, 1.54) is 30.2 Å². The van der Waals surface area contributed by atoms with Crippen molar-refractivity contribution in [3.8, 4) is 0 Å². The van der Waals surface area contributed by atoms with Gasteiger partial charge in [-0.1, -0.05) is 32.6 Å². The zero-order valence-electron chi connectivity index (χ0n) is 11.9. The van der Waals surface area contributed by atoms with Crippen molar-refractivity contribution >= 4 is 37.3 Å². The summed E-state index contributed by atoms with van der Waals surface area (Å²) in [5.74, 6) is 0. The largest absolute Gasteiger partial charge is 0.391 e. The van der Waals surface area contributed by atoms with Crippen LogP contribution in [0.4, 0.5) is 0 Å². The zero-order valence-corrected chi connectivity index (χ0v) is 15.1. The van der Waals surface area contributed by atoms with Crippen LogP contribution >= 0.6 is 27.3 Å². The first-order valence-electron chi connectivity index (χ1n) is 6.82. The Kier molecular flexibility index (Phi) is 7.68. The van der Waals surface area contributed by atoms with Gasteiger partial charge < -0.3 is 5.11 Å². The second-order valence-corrected chi connectivity index (χ2v) is 9.02. The first kappa shape index (κ1) is 18.1. The van der Waals surface area contributed by atoms with Gasteiger partial charge in [-0.25, -0.2) is 13.1 Å². The molecule has 1 unspecified atom stereocenters. The SMILES string of the molecule is CCCCCCC(C)NS(=O)(=O)c1cc(CO)sc1Br. The van der Waals surface area contributed by atoms with Crippen LogP contribution in [0.15, 0.2) is 14.7 Å². The first-order chi connectivity index (χ1) is 9.40. The maximum Gasteiger partial charge on any atom is 0.242 e. The fourth-order valence-corrected chi connectivity index (χ4v) is 5.74. The molecule has 0 aliphatic heterocycles. The molecule has 0 bridgehead atoms. The van der Waals surface area contributed by atoms with Gasteiger partial charge in [0.15, 0.2) is 0 Å². The quantitative estimate of drug-likeness (QED) is 0.639. The summed E-state index contributed by atoms with van der Waals surface area (Å²) in [6, 6.07) is 1.43. The maximum atomic E-state index is 12.3. The Morgan fingerprint density at radius 2 is 2.10 bits per heavy atom. The molecule has 0 fully saturated rings. The number of thiophene rings is 1. The van der Waals surface area contributed by atoms with E-state index in [1.54, 1.807) is 0 Å². The van der Waals surface area contributed by atoms with Crippen molar-refractivity contribution < 1.29 is 13.5 Å². The van der Waals surface area contributed by atoms with E-state index in [-0.39, 0.29) is 17.5 Å². The molecule has 1 atom stereocenters. The normalized spacial score (nSPS) is 13.6. The van der Waals surface area contributed by atoms with E-state index in [2.05, 4.69) is 27.6 Å². The van der Waals surface area contributed by atoms with Crippen LogP contribution in [0.2, 0.25) is 0 Å². The third-order valence-corrected chi connectivity index (χ3v) is 6.83. The van der Waals surface area contributed by atoms with Crippen molar-refractivity contribution in [3.05, 3.63) is 14.7 Å². The molecule has 2 N–H and O–H groups in total. The van der Waals surface area contributed by atoms with Gasteiger partial charge in [-0.15, -0.1) is 11.3 Å². The lowest BCUT2D eigenvalue weighted by molar-refractivity contribution is 0.285. The molecule has 20 heavy (non-hydrogen) atoms. The molecule has 7 heteroatoms. The minimum atomic E-state index is -3.52. The molecule has 0 saturated carbocycles. The molecule has 0 aliphatic carbocycles. The highest BCUT2D eigenvalue weighted by molar-refractivity contribution is 9.11. The van der Waals surface area contributed by atoms with E-state index < -0.39 is 10.0 Å². The molecular weight excluding hydrogens is 362 g/mol. The fourth-order valence-electron chi connectivity index (χ4n) is 1.92. The van der Waals surface area contributed by atoms with Crippen molar-refractivity contribution in [2.24, 2.45) is 0 Å². The molecule has 0 spiro atoms. The number of aliphatic hydroxyl groups excluding tert-OH is 1. The Hall–Kier alpha value is 0.0500. The third-order valence-electron chi connectivity index (χ3n) is 3.00. The number of nitrogens with one attached hydrogen (secondary N) is 1. The minimum Gasteiger partial charge on any atom is -0.391 e. The summed E-state index contributed by atoms with van der Waals surface area (Å²) in [5.41, 5.74) is 0. The summed E-state index contributed by atoms with van der Waals surface area (Å²) in [5, 5.41) is 9.06. The maximum absolute atomic E-state index is 12.3. The van der Waals surface area contributed by atoms with Crippen LogP contribution in [-0.2, 0) is 16.6 Å². The molecule has 116 valence electrons. The molecule has 1 aromatic rings. The molecule has 1 rings (SSSR count). The van der Waals surface area contributed by atoms with E-state index in [0.29, 0.717) is 8.66 Å². The summed E-state index contributed by atoms with van der Waals surface area (Å²) < 4.78 is 27.8. The molecular formula is C13H22BrNO3S2. The predicted octanol–water partition coefficient (Wildman–Crippen LogP) is 3.64. The van der Waals surface area contributed by atoms with E-state index >= 15 is 0 Å². The highest BCUT2D eigenvalue weighted by Gasteiger charge is 2.22. The van der Waals surface area contributed by atoms with Crippen LogP contribution in [0.3, 0.4) is 0 Å². The summed E-state index contributed by atoms with van der Waals surface area (Å²) in [6.07, 6.45) is 5.37. The Morgan fingerprint density at radius 3 is 2.65 bits per heavy atom. The first-order valence-corrected chi connectivity index (χ1v) is 9.91. The van der Waals surface area contributed by atoms with E-state index in [1.807, 2.05) is 6.92 Å². The third kappa shape index (κ3) is 5.44. The highest BCUT2D eigenvalue weighted by Crippen LogP contribution is 2.31. The van der Waals surface area contributed by atoms with Crippen LogP contribution in [0.1, 0.15) is 50.8 Å². The molecule has 0 aromatic carbocycles. The zero-order chi connectivity index (χ0) is 15.2. The average molecular weight is 384 g/mol. The summed E-state index contributed by atoms with van der Waals surface area (Å²) in [6.45, 7) is 3.89. The Morgan fingerprint density at radius 1 is 1.40 bits per heavy atom. The standard InChI is InChI=1S/C13H22BrNO3S2/c1-3-4-5-6-7-10(2)15-20(17,18)12-8-11(9-16)19-13(12)14/h8,10,15-16H,3-7,9H2,1-2H3. The lowest BCUT2D eigenvalue weighted by atomic mass is 10.1. The van der Waals surface area contributed by atoms with E-state index in [0.717, 1.165) is 19.3 Å². The molecule has 0 aliphatic rings. The van der Waals surface area contributed by atoms with Crippen LogP contribution in [0.5, 0.6) is 0 Å². The van der Waals surface area contributed by atoms with Crippen molar-refractivity contribution in [3.63, 3.8) is 0 Å². The summed E-state index contributed by atoms with van der Waals surface area (Å²) >= 11 is 4.49. The molecule has 1 aromatic heterocycles. The van der Waals surface area contributed by atoms with Crippen LogP contribution in [0, 0.1) is 0 Å². The molecule has 0 radical (unpaired) electrons. The van der Waals surface area contributed by atoms with Crippen LogP contribution < -0.4 is 4.72 Å². The van der Waals surface area contributed by atoms with E-state index in [9.17, 15) is 8.42 Å². The Bertz CT molecular complexity index is 514. The van der Waals surface area contributed by atoms with Crippen molar-refractivity contribution in [2.45, 2.75) is 63.5 Å². The topological polar surface area (TPSA) is 66.4 Å². The van der Waals surface area contributed by atoms with Gasteiger partial charge in [0.25, 0.3) is 0 Å². The van der Waals surface area contributed by atoms with Gasteiger partial charge in [-0.3, -0.25) is 0 Å². The monoisotopic (exact) mass is 383 g/mol. The van der Waals surface area contributed by atoms with Gasteiger partial charge in [0.05, 0.1) is 10.4 Å².